The van der Waals surface area contributed by atoms with E-state index in [4.69, 9.17) is 9.47 Å². The minimum atomic E-state index is -0.632. The second-order valence-electron chi connectivity index (χ2n) is 6.64. The summed E-state index contributed by atoms with van der Waals surface area (Å²) in [5, 5.41) is 9.68. The lowest BCUT2D eigenvalue weighted by atomic mass is 9.67. The number of hydrogen-bond donors (Lipinski definition) is 1. The molecule has 4 nitrogen and oxygen atoms in total. The molecule has 2 heterocycles. The SMILES string of the molecule is O=C(O)C1(CC2CCCCC2)CC2OC23OC3C1. The molecular formula is C14H20O4. The molecule has 18 heavy (non-hydrogen) atoms. The fourth-order valence-corrected chi connectivity index (χ4v) is 4.30. The van der Waals surface area contributed by atoms with Gasteiger partial charge in [0.1, 0.15) is 12.2 Å². The molecule has 4 fully saturated rings. The van der Waals surface area contributed by atoms with E-state index in [0.29, 0.717) is 18.8 Å². The van der Waals surface area contributed by atoms with Crippen LogP contribution >= 0.6 is 0 Å². The number of carboxylic acid groups (broad SMARTS) is 1. The van der Waals surface area contributed by atoms with Gasteiger partial charge in [0.25, 0.3) is 0 Å². The third-order valence-electron chi connectivity index (χ3n) is 5.45. The maximum absolute atomic E-state index is 11.8. The first-order valence-corrected chi connectivity index (χ1v) is 7.24. The Labute approximate surface area is 107 Å². The predicted octanol–water partition coefficient (Wildman–Crippen LogP) is 2.32. The minimum Gasteiger partial charge on any atom is -0.481 e. The Hall–Kier alpha value is -0.610. The lowest BCUT2D eigenvalue weighted by Gasteiger charge is -2.35. The van der Waals surface area contributed by atoms with E-state index in [1.54, 1.807) is 0 Å². The van der Waals surface area contributed by atoms with Crippen molar-refractivity contribution in [3.8, 4) is 0 Å². The van der Waals surface area contributed by atoms with Crippen molar-refractivity contribution in [2.75, 3.05) is 0 Å². The molecule has 2 aliphatic carbocycles. The monoisotopic (exact) mass is 252 g/mol. The molecular weight excluding hydrogens is 232 g/mol. The van der Waals surface area contributed by atoms with Crippen molar-refractivity contribution in [1.29, 1.82) is 0 Å². The number of aliphatic carboxylic acids is 1. The summed E-state index contributed by atoms with van der Waals surface area (Å²) in [4.78, 5) is 11.8. The lowest BCUT2D eigenvalue weighted by molar-refractivity contribution is -0.152. The van der Waals surface area contributed by atoms with Gasteiger partial charge in [-0.25, -0.2) is 0 Å². The van der Waals surface area contributed by atoms with E-state index in [0.717, 1.165) is 6.42 Å². The summed E-state index contributed by atoms with van der Waals surface area (Å²) in [7, 11) is 0. The highest BCUT2D eigenvalue weighted by atomic mass is 16.9. The molecule has 1 N–H and O–H groups in total. The molecule has 2 aliphatic heterocycles. The molecule has 0 aromatic heterocycles. The Kier molecular flexibility index (Phi) is 2.17. The van der Waals surface area contributed by atoms with Crippen LogP contribution in [0.2, 0.25) is 0 Å². The van der Waals surface area contributed by atoms with Crippen molar-refractivity contribution < 1.29 is 19.4 Å². The van der Waals surface area contributed by atoms with Gasteiger partial charge in [-0.05, 0) is 25.2 Å². The second-order valence-corrected chi connectivity index (χ2v) is 6.64. The van der Waals surface area contributed by atoms with Crippen LogP contribution in [0.5, 0.6) is 0 Å². The zero-order valence-electron chi connectivity index (χ0n) is 10.6. The molecule has 0 aromatic rings. The zero-order valence-corrected chi connectivity index (χ0v) is 10.6. The Morgan fingerprint density at radius 3 is 2.28 bits per heavy atom. The standard InChI is InChI=1S/C14H20O4/c15-12(16)13(6-9-4-2-1-3-5-9)7-10-14(17-10)11(8-13)18-14/h9-11H,1-8H2,(H,15,16). The quantitative estimate of drug-likeness (QED) is 0.783. The second kappa shape index (κ2) is 3.48. The molecule has 4 aliphatic rings. The van der Waals surface area contributed by atoms with E-state index >= 15 is 0 Å². The van der Waals surface area contributed by atoms with Crippen molar-refractivity contribution >= 4 is 5.97 Å². The number of ether oxygens (including phenoxy) is 2. The maximum Gasteiger partial charge on any atom is 0.309 e. The van der Waals surface area contributed by atoms with Crippen molar-refractivity contribution in [2.24, 2.45) is 11.3 Å². The molecule has 2 saturated carbocycles. The van der Waals surface area contributed by atoms with Gasteiger partial charge in [0, 0.05) is 0 Å². The van der Waals surface area contributed by atoms with Crippen molar-refractivity contribution in [2.45, 2.75) is 69.4 Å². The number of hydrogen-bond acceptors (Lipinski definition) is 3. The summed E-state index contributed by atoms with van der Waals surface area (Å²) in [5.74, 6) is -0.349. The first-order valence-electron chi connectivity index (χ1n) is 7.24. The highest BCUT2D eigenvalue weighted by molar-refractivity contribution is 5.75. The van der Waals surface area contributed by atoms with Crippen LogP contribution in [0, 0.1) is 11.3 Å². The summed E-state index contributed by atoms with van der Waals surface area (Å²) in [6.45, 7) is 0. The minimum absolute atomic E-state index is 0.0657. The lowest BCUT2D eigenvalue weighted by Crippen LogP contribution is -2.39. The molecule has 0 bridgehead atoms. The molecule has 2 atom stereocenters. The van der Waals surface area contributed by atoms with E-state index in [-0.39, 0.29) is 18.0 Å². The molecule has 1 spiro atoms. The van der Waals surface area contributed by atoms with Crippen LogP contribution in [0.4, 0.5) is 0 Å². The fraction of sp³-hybridized carbons (Fsp3) is 0.929. The smallest absolute Gasteiger partial charge is 0.309 e. The largest absolute Gasteiger partial charge is 0.481 e. The number of rotatable bonds is 3. The first kappa shape index (κ1) is 11.2. The number of epoxide rings is 2. The molecule has 2 unspecified atom stereocenters. The Morgan fingerprint density at radius 1 is 1.11 bits per heavy atom. The normalized spacial score (nSPS) is 50.2. The Morgan fingerprint density at radius 2 is 1.72 bits per heavy atom. The highest BCUT2D eigenvalue weighted by Gasteiger charge is 2.81. The van der Waals surface area contributed by atoms with Gasteiger partial charge in [-0.3, -0.25) is 4.79 Å². The van der Waals surface area contributed by atoms with Gasteiger partial charge in [-0.15, -0.1) is 0 Å². The van der Waals surface area contributed by atoms with Gasteiger partial charge in [-0.1, -0.05) is 32.1 Å². The molecule has 0 aromatic carbocycles. The summed E-state index contributed by atoms with van der Waals surface area (Å²) in [6, 6.07) is 0. The van der Waals surface area contributed by atoms with Crippen molar-refractivity contribution in [1.82, 2.24) is 0 Å². The molecule has 2 saturated heterocycles. The van der Waals surface area contributed by atoms with Crippen molar-refractivity contribution in [3.05, 3.63) is 0 Å². The van der Waals surface area contributed by atoms with Gasteiger partial charge in [-0.2, -0.15) is 0 Å². The van der Waals surface area contributed by atoms with Gasteiger partial charge < -0.3 is 14.6 Å². The van der Waals surface area contributed by atoms with Gasteiger partial charge in [0.05, 0.1) is 5.41 Å². The van der Waals surface area contributed by atoms with Crippen LogP contribution in [0.15, 0.2) is 0 Å². The molecule has 4 heteroatoms. The van der Waals surface area contributed by atoms with E-state index in [1.807, 2.05) is 0 Å². The summed E-state index contributed by atoms with van der Waals surface area (Å²) >= 11 is 0. The van der Waals surface area contributed by atoms with E-state index in [1.165, 1.54) is 32.1 Å². The Balaban J connectivity index is 1.51. The van der Waals surface area contributed by atoms with Crippen LogP contribution in [-0.2, 0) is 14.3 Å². The van der Waals surface area contributed by atoms with E-state index in [2.05, 4.69) is 0 Å². The van der Waals surface area contributed by atoms with Gasteiger partial charge >= 0.3 is 5.97 Å². The van der Waals surface area contributed by atoms with Crippen LogP contribution < -0.4 is 0 Å². The maximum atomic E-state index is 11.8. The van der Waals surface area contributed by atoms with Crippen LogP contribution in [0.25, 0.3) is 0 Å². The molecule has 100 valence electrons. The molecule has 0 radical (unpaired) electrons. The average molecular weight is 252 g/mol. The highest BCUT2D eigenvalue weighted by Crippen LogP contribution is 2.67. The molecule has 0 amide bonds. The predicted molar refractivity (Wildman–Crippen MR) is 63.0 cm³/mol. The third-order valence-corrected chi connectivity index (χ3v) is 5.45. The fourth-order valence-electron chi connectivity index (χ4n) is 4.30. The first-order chi connectivity index (χ1) is 8.65. The topological polar surface area (TPSA) is 62.4 Å². The number of carbonyl (C=O) groups is 1. The number of carboxylic acids is 1. The Bertz CT molecular complexity index is 367. The third kappa shape index (κ3) is 1.48. The van der Waals surface area contributed by atoms with Crippen LogP contribution in [0.1, 0.15) is 51.4 Å². The summed E-state index contributed by atoms with van der Waals surface area (Å²) < 4.78 is 11.1. The van der Waals surface area contributed by atoms with Crippen LogP contribution in [0.3, 0.4) is 0 Å². The van der Waals surface area contributed by atoms with E-state index < -0.39 is 11.4 Å². The molecule has 4 rings (SSSR count). The average Bonchev–Trinajstić information content (AvgIpc) is 3.19. The van der Waals surface area contributed by atoms with Gasteiger partial charge in [0.2, 0.25) is 5.79 Å². The van der Waals surface area contributed by atoms with Crippen LogP contribution in [-0.4, -0.2) is 29.1 Å². The summed E-state index contributed by atoms with van der Waals surface area (Å²) in [6.07, 6.45) is 8.55. The van der Waals surface area contributed by atoms with Crippen molar-refractivity contribution in [3.63, 3.8) is 0 Å². The zero-order chi connectivity index (χ0) is 12.4. The van der Waals surface area contributed by atoms with Gasteiger partial charge in [0.15, 0.2) is 0 Å². The van der Waals surface area contributed by atoms with E-state index in [9.17, 15) is 9.90 Å². The summed E-state index contributed by atoms with van der Waals surface area (Å²) in [5.41, 5.74) is -0.576.